The van der Waals surface area contributed by atoms with Gasteiger partial charge in [0.15, 0.2) is 11.5 Å². The molecule has 0 aliphatic rings. The molecule has 1 unspecified atom stereocenters. The predicted molar refractivity (Wildman–Crippen MR) is 107 cm³/mol. The number of rotatable bonds is 9. The fourth-order valence-electron chi connectivity index (χ4n) is 2.65. The van der Waals surface area contributed by atoms with Crippen LogP contribution >= 0.6 is 15.9 Å². The van der Waals surface area contributed by atoms with Crippen molar-refractivity contribution in [3.63, 3.8) is 0 Å². The van der Waals surface area contributed by atoms with Crippen molar-refractivity contribution in [3.8, 4) is 17.2 Å². The molecule has 7 nitrogen and oxygen atoms in total. The first kappa shape index (κ1) is 21.6. The highest BCUT2D eigenvalue weighted by atomic mass is 79.9. The first-order valence-corrected chi connectivity index (χ1v) is 9.35. The number of aliphatic carboxylic acids is 1. The normalized spacial score (nSPS) is 11.4. The Bertz CT molecular complexity index is 855. The predicted octanol–water partition coefficient (Wildman–Crippen LogP) is 3.81. The fourth-order valence-corrected chi connectivity index (χ4v) is 3.19. The molecule has 28 heavy (non-hydrogen) atoms. The molecule has 0 fully saturated rings. The van der Waals surface area contributed by atoms with E-state index < -0.39 is 17.9 Å². The molecule has 0 heterocycles. The highest BCUT2D eigenvalue weighted by Crippen LogP contribution is 2.32. The molecule has 2 aromatic carbocycles. The van der Waals surface area contributed by atoms with Crippen LogP contribution in [0.5, 0.6) is 17.2 Å². The molecule has 1 atom stereocenters. The Morgan fingerprint density at radius 3 is 2.32 bits per heavy atom. The minimum Gasteiger partial charge on any atom is -0.496 e. The average molecular weight is 452 g/mol. The van der Waals surface area contributed by atoms with Crippen molar-refractivity contribution >= 4 is 27.8 Å². The molecule has 0 aromatic heterocycles. The SMILES string of the molecule is CCOc1ccc(C(CC(=O)O)NC(=O)c2ccc(OC)c(Br)c2)cc1OC. The molecule has 0 bridgehead atoms. The number of amides is 1. The number of carboxylic acids is 1. The average Bonchev–Trinajstić information content (AvgIpc) is 2.67. The van der Waals surface area contributed by atoms with E-state index in [-0.39, 0.29) is 6.42 Å². The van der Waals surface area contributed by atoms with Crippen molar-refractivity contribution in [3.05, 3.63) is 52.0 Å². The van der Waals surface area contributed by atoms with Gasteiger partial charge in [-0.3, -0.25) is 9.59 Å². The lowest BCUT2D eigenvalue weighted by Crippen LogP contribution is -2.30. The minimum atomic E-state index is -1.03. The maximum absolute atomic E-state index is 12.7. The van der Waals surface area contributed by atoms with Gasteiger partial charge in [-0.25, -0.2) is 0 Å². The van der Waals surface area contributed by atoms with E-state index in [4.69, 9.17) is 14.2 Å². The van der Waals surface area contributed by atoms with E-state index in [2.05, 4.69) is 21.2 Å². The molecule has 0 aliphatic carbocycles. The van der Waals surface area contributed by atoms with Crippen molar-refractivity contribution in [1.82, 2.24) is 5.32 Å². The van der Waals surface area contributed by atoms with Crippen LogP contribution in [0.25, 0.3) is 0 Å². The van der Waals surface area contributed by atoms with Gasteiger partial charge in [-0.15, -0.1) is 0 Å². The number of carboxylic acid groups (broad SMARTS) is 1. The third-order valence-electron chi connectivity index (χ3n) is 3.99. The lowest BCUT2D eigenvalue weighted by molar-refractivity contribution is -0.137. The molecule has 150 valence electrons. The van der Waals surface area contributed by atoms with Crippen molar-refractivity contribution < 1.29 is 28.9 Å². The zero-order valence-corrected chi connectivity index (χ0v) is 17.4. The third-order valence-corrected chi connectivity index (χ3v) is 4.61. The Kier molecular flexibility index (Phi) is 7.69. The summed E-state index contributed by atoms with van der Waals surface area (Å²) in [5, 5.41) is 12.0. The summed E-state index contributed by atoms with van der Waals surface area (Å²) in [7, 11) is 3.03. The van der Waals surface area contributed by atoms with Gasteiger partial charge in [-0.05, 0) is 58.7 Å². The van der Waals surface area contributed by atoms with E-state index >= 15 is 0 Å². The van der Waals surface area contributed by atoms with Gasteiger partial charge in [0.2, 0.25) is 0 Å². The second kappa shape index (κ2) is 9.98. The highest BCUT2D eigenvalue weighted by molar-refractivity contribution is 9.10. The molecule has 1 amide bonds. The number of carbonyl (C=O) groups excluding carboxylic acids is 1. The molecular weight excluding hydrogens is 430 g/mol. The van der Waals surface area contributed by atoms with Crippen LogP contribution in [-0.4, -0.2) is 37.8 Å². The van der Waals surface area contributed by atoms with Gasteiger partial charge in [-0.1, -0.05) is 6.07 Å². The first-order valence-electron chi connectivity index (χ1n) is 8.56. The number of halogens is 1. The number of hydrogen-bond acceptors (Lipinski definition) is 5. The lowest BCUT2D eigenvalue weighted by Gasteiger charge is -2.19. The quantitative estimate of drug-likeness (QED) is 0.601. The van der Waals surface area contributed by atoms with Gasteiger partial charge < -0.3 is 24.6 Å². The topological polar surface area (TPSA) is 94.1 Å². The molecule has 0 spiro atoms. The second-order valence-corrected chi connectivity index (χ2v) is 6.67. The number of ether oxygens (including phenoxy) is 3. The molecule has 2 aromatic rings. The molecule has 2 N–H and O–H groups in total. The van der Waals surface area contributed by atoms with E-state index in [1.165, 1.54) is 14.2 Å². The number of carbonyl (C=O) groups is 2. The summed E-state index contributed by atoms with van der Waals surface area (Å²) in [5.74, 6) is 0.177. The molecule has 0 aliphatic heterocycles. The molecule has 8 heteroatoms. The van der Waals surface area contributed by atoms with Crippen LogP contribution in [-0.2, 0) is 4.79 Å². The summed E-state index contributed by atoms with van der Waals surface area (Å²) in [6.07, 6.45) is -0.278. The Morgan fingerprint density at radius 1 is 1.07 bits per heavy atom. The van der Waals surface area contributed by atoms with Gasteiger partial charge in [0, 0.05) is 5.56 Å². The molecule has 2 rings (SSSR count). The minimum absolute atomic E-state index is 0.278. The van der Waals surface area contributed by atoms with Crippen LogP contribution in [0.1, 0.15) is 35.3 Å². The number of nitrogens with one attached hydrogen (secondary N) is 1. The molecule has 0 saturated heterocycles. The van der Waals surface area contributed by atoms with Crippen LogP contribution < -0.4 is 19.5 Å². The number of methoxy groups -OCH3 is 2. The van der Waals surface area contributed by atoms with E-state index in [0.717, 1.165) is 0 Å². The van der Waals surface area contributed by atoms with Crippen molar-refractivity contribution in [2.45, 2.75) is 19.4 Å². The largest absolute Gasteiger partial charge is 0.496 e. The molecule has 0 saturated carbocycles. The summed E-state index contributed by atoms with van der Waals surface area (Å²) in [6.45, 7) is 2.32. The van der Waals surface area contributed by atoms with E-state index in [0.29, 0.717) is 39.5 Å². The van der Waals surface area contributed by atoms with Gasteiger partial charge >= 0.3 is 5.97 Å². The van der Waals surface area contributed by atoms with Gasteiger partial charge in [0.25, 0.3) is 5.91 Å². The zero-order chi connectivity index (χ0) is 20.7. The zero-order valence-electron chi connectivity index (χ0n) is 15.8. The Balaban J connectivity index is 2.30. The van der Waals surface area contributed by atoms with Crippen LogP contribution in [0, 0.1) is 0 Å². The van der Waals surface area contributed by atoms with Crippen molar-refractivity contribution in [2.24, 2.45) is 0 Å². The summed E-state index contributed by atoms with van der Waals surface area (Å²) in [5.41, 5.74) is 0.976. The molecule has 0 radical (unpaired) electrons. The standard InChI is InChI=1S/C20H22BrNO6/c1-4-28-17-8-5-12(10-18(17)27-3)15(11-19(23)24)22-20(25)13-6-7-16(26-2)14(21)9-13/h5-10,15H,4,11H2,1-3H3,(H,22,25)(H,23,24). The first-order chi connectivity index (χ1) is 13.4. The van der Waals surface area contributed by atoms with Gasteiger partial charge in [0.05, 0.1) is 37.8 Å². The summed E-state index contributed by atoms with van der Waals surface area (Å²) < 4.78 is 16.6. The smallest absolute Gasteiger partial charge is 0.305 e. The van der Waals surface area contributed by atoms with Gasteiger partial charge in [0.1, 0.15) is 5.75 Å². The third kappa shape index (κ3) is 5.39. The number of benzene rings is 2. The monoisotopic (exact) mass is 451 g/mol. The van der Waals surface area contributed by atoms with Crippen LogP contribution in [0.15, 0.2) is 40.9 Å². The van der Waals surface area contributed by atoms with Crippen LogP contribution in [0.2, 0.25) is 0 Å². The Hall–Kier alpha value is -2.74. The van der Waals surface area contributed by atoms with E-state index in [1.54, 1.807) is 36.4 Å². The molecular formula is C20H22BrNO6. The number of hydrogen-bond donors (Lipinski definition) is 2. The van der Waals surface area contributed by atoms with Crippen molar-refractivity contribution in [1.29, 1.82) is 0 Å². The maximum atomic E-state index is 12.7. The fraction of sp³-hybridized carbons (Fsp3) is 0.300. The summed E-state index contributed by atoms with van der Waals surface area (Å²) >= 11 is 3.34. The van der Waals surface area contributed by atoms with Crippen LogP contribution in [0.3, 0.4) is 0 Å². The Labute approximate surface area is 171 Å². The van der Waals surface area contributed by atoms with Crippen molar-refractivity contribution in [2.75, 3.05) is 20.8 Å². The van der Waals surface area contributed by atoms with Gasteiger partial charge in [-0.2, -0.15) is 0 Å². The summed E-state index contributed by atoms with van der Waals surface area (Å²) in [4.78, 5) is 24.0. The lowest BCUT2D eigenvalue weighted by atomic mass is 10.0. The van der Waals surface area contributed by atoms with Crippen LogP contribution in [0.4, 0.5) is 0 Å². The Morgan fingerprint density at radius 2 is 1.75 bits per heavy atom. The summed E-state index contributed by atoms with van der Waals surface area (Å²) in [6, 6.07) is 9.22. The highest BCUT2D eigenvalue weighted by Gasteiger charge is 2.21. The van der Waals surface area contributed by atoms with E-state index in [9.17, 15) is 14.7 Å². The van der Waals surface area contributed by atoms with E-state index in [1.807, 2.05) is 6.92 Å². The maximum Gasteiger partial charge on any atom is 0.305 e. The second-order valence-electron chi connectivity index (χ2n) is 5.82.